The van der Waals surface area contributed by atoms with Crippen LogP contribution in [0.3, 0.4) is 0 Å². The third-order valence-electron chi connectivity index (χ3n) is 6.11. The van der Waals surface area contributed by atoms with Crippen molar-refractivity contribution in [2.45, 2.75) is 25.8 Å². The number of fused-ring (bicyclic) bond motifs is 1. The molecule has 0 bridgehead atoms. The van der Waals surface area contributed by atoms with Gasteiger partial charge in [-0.25, -0.2) is 9.78 Å². The maximum atomic E-state index is 12.9. The van der Waals surface area contributed by atoms with Gasteiger partial charge >= 0.3 is 5.69 Å². The Balaban J connectivity index is 1.32. The van der Waals surface area contributed by atoms with Gasteiger partial charge in [0.05, 0.1) is 25.1 Å². The number of carbonyl (C=O) groups is 1. The van der Waals surface area contributed by atoms with Crippen LogP contribution in [-0.4, -0.2) is 65.7 Å². The highest BCUT2D eigenvalue weighted by Crippen LogP contribution is 2.29. The molecule has 34 heavy (non-hydrogen) atoms. The number of carbonyl (C=O) groups excluding carboxylic acids is 1. The van der Waals surface area contributed by atoms with Crippen LogP contribution in [-0.2, 0) is 11.3 Å². The maximum absolute atomic E-state index is 12.9. The smallest absolute Gasteiger partial charge is 0.328 e. The minimum Gasteiger partial charge on any atom is -0.493 e. The first-order chi connectivity index (χ1) is 16.5. The van der Waals surface area contributed by atoms with Gasteiger partial charge in [0.2, 0.25) is 5.91 Å². The molecule has 1 amide bonds. The summed E-state index contributed by atoms with van der Waals surface area (Å²) in [5.41, 5.74) is -0.484. The van der Waals surface area contributed by atoms with Crippen LogP contribution in [0, 0.1) is 0 Å². The van der Waals surface area contributed by atoms with Gasteiger partial charge in [-0.05, 0) is 31.0 Å². The molecule has 4 rings (SSSR count). The van der Waals surface area contributed by atoms with E-state index in [1.54, 1.807) is 18.3 Å². The van der Waals surface area contributed by atoms with Crippen molar-refractivity contribution < 1.29 is 14.3 Å². The van der Waals surface area contributed by atoms with Gasteiger partial charge in [-0.3, -0.25) is 14.2 Å². The van der Waals surface area contributed by atoms with Gasteiger partial charge in [0.1, 0.15) is 5.82 Å². The lowest BCUT2D eigenvalue weighted by Gasteiger charge is -2.35. The molecule has 1 aromatic carbocycles. The second kappa shape index (κ2) is 10.4. The van der Waals surface area contributed by atoms with Crippen molar-refractivity contribution in [3.05, 3.63) is 57.4 Å². The zero-order chi connectivity index (χ0) is 24.1. The highest BCUT2D eigenvalue weighted by molar-refractivity contribution is 5.81. The van der Waals surface area contributed by atoms with Crippen LogP contribution >= 0.6 is 0 Å². The van der Waals surface area contributed by atoms with Crippen LogP contribution in [0.25, 0.3) is 10.9 Å². The predicted octanol–water partition coefficient (Wildman–Crippen LogP) is 1.62. The number of unbranched alkanes of at least 4 members (excludes halogenated alkanes) is 1. The third-order valence-corrected chi connectivity index (χ3v) is 6.11. The summed E-state index contributed by atoms with van der Waals surface area (Å²) in [5.74, 6) is 1.87. The lowest BCUT2D eigenvalue weighted by molar-refractivity contribution is -0.131. The van der Waals surface area contributed by atoms with Gasteiger partial charge in [0.15, 0.2) is 11.5 Å². The van der Waals surface area contributed by atoms with Crippen molar-refractivity contribution in [3.8, 4) is 11.5 Å². The summed E-state index contributed by atoms with van der Waals surface area (Å²) < 4.78 is 11.7. The van der Waals surface area contributed by atoms with Crippen LogP contribution < -0.4 is 25.6 Å². The van der Waals surface area contributed by atoms with Crippen LogP contribution in [0.15, 0.2) is 46.1 Å². The van der Waals surface area contributed by atoms with Gasteiger partial charge in [-0.15, -0.1) is 0 Å². The van der Waals surface area contributed by atoms with E-state index >= 15 is 0 Å². The molecule has 2 aromatic heterocycles. The van der Waals surface area contributed by atoms with Crippen molar-refractivity contribution in [3.63, 3.8) is 0 Å². The SMILES string of the molecule is COc1cc2[nH]c(=O)n(CCCCC(=O)N3CCN(c4ccccn4)CC3)c(=O)c2cc1OC. The Morgan fingerprint density at radius 2 is 1.76 bits per heavy atom. The van der Waals surface area contributed by atoms with Crippen molar-refractivity contribution >= 4 is 22.6 Å². The monoisotopic (exact) mass is 467 g/mol. The van der Waals surface area contributed by atoms with Crippen molar-refractivity contribution in [1.29, 1.82) is 0 Å². The number of benzene rings is 1. The molecule has 0 spiro atoms. The van der Waals surface area contributed by atoms with Gasteiger partial charge in [-0.1, -0.05) is 6.07 Å². The maximum Gasteiger partial charge on any atom is 0.328 e. The summed E-state index contributed by atoms with van der Waals surface area (Å²) in [7, 11) is 2.98. The number of ether oxygens (including phenoxy) is 2. The second-order valence-electron chi connectivity index (χ2n) is 8.15. The van der Waals surface area contributed by atoms with Crippen molar-refractivity contribution in [2.75, 3.05) is 45.3 Å². The Hall–Kier alpha value is -3.82. The molecule has 180 valence electrons. The number of rotatable bonds is 8. The zero-order valence-corrected chi connectivity index (χ0v) is 19.5. The van der Waals surface area contributed by atoms with Crippen LogP contribution in [0.1, 0.15) is 19.3 Å². The third kappa shape index (κ3) is 4.90. The molecular formula is C24H29N5O5. The van der Waals surface area contributed by atoms with E-state index in [1.165, 1.54) is 18.8 Å². The molecule has 3 aromatic rings. The normalized spacial score (nSPS) is 13.8. The molecule has 10 nitrogen and oxygen atoms in total. The molecule has 3 heterocycles. The van der Waals surface area contributed by atoms with Crippen molar-refractivity contribution in [2.24, 2.45) is 0 Å². The summed E-state index contributed by atoms with van der Waals surface area (Å²) in [6.45, 7) is 3.05. The topological polar surface area (TPSA) is 110 Å². The molecule has 0 aliphatic carbocycles. The number of aromatic amines is 1. The van der Waals surface area contributed by atoms with E-state index in [0.29, 0.717) is 54.8 Å². The number of methoxy groups -OCH3 is 2. The molecule has 1 N–H and O–H groups in total. The molecule has 1 aliphatic heterocycles. The highest BCUT2D eigenvalue weighted by Gasteiger charge is 2.21. The van der Waals surface area contributed by atoms with E-state index in [0.717, 1.165) is 18.9 Å². The second-order valence-corrected chi connectivity index (χ2v) is 8.15. The van der Waals surface area contributed by atoms with Gasteiger partial charge in [-0.2, -0.15) is 0 Å². The first-order valence-electron chi connectivity index (χ1n) is 11.3. The van der Waals surface area contributed by atoms with Gasteiger partial charge in [0, 0.05) is 51.4 Å². The number of nitrogens with one attached hydrogen (secondary N) is 1. The number of anilines is 1. The van der Waals surface area contributed by atoms with E-state index in [2.05, 4.69) is 14.9 Å². The number of nitrogens with zero attached hydrogens (tertiary/aromatic N) is 4. The Kier molecular flexibility index (Phi) is 7.15. The van der Waals surface area contributed by atoms with E-state index in [4.69, 9.17) is 9.47 Å². The fraction of sp³-hybridized carbons (Fsp3) is 0.417. The van der Waals surface area contributed by atoms with Crippen LogP contribution in [0.2, 0.25) is 0 Å². The molecule has 1 fully saturated rings. The number of amides is 1. The van der Waals surface area contributed by atoms with Crippen LogP contribution in [0.5, 0.6) is 11.5 Å². The average Bonchev–Trinajstić information content (AvgIpc) is 2.88. The molecule has 1 saturated heterocycles. The standard InChI is InChI=1S/C24H29N5O5/c1-33-19-15-17-18(16-20(19)34-2)26-24(32)29(23(17)31)10-6-4-8-22(30)28-13-11-27(12-14-28)21-7-3-5-9-25-21/h3,5,7,9,15-16H,4,6,8,10-14H2,1-2H3,(H,26,32). The molecule has 10 heteroatoms. The number of piperazine rings is 1. The van der Waals surface area contributed by atoms with Crippen molar-refractivity contribution in [1.82, 2.24) is 19.4 Å². The summed E-state index contributed by atoms with van der Waals surface area (Å²) in [5, 5.41) is 0.346. The fourth-order valence-electron chi connectivity index (χ4n) is 4.21. The first-order valence-corrected chi connectivity index (χ1v) is 11.3. The minimum atomic E-state index is -0.485. The first kappa shape index (κ1) is 23.3. The Labute approximate surface area is 196 Å². The lowest BCUT2D eigenvalue weighted by atomic mass is 10.2. The molecule has 0 saturated carbocycles. The number of pyridine rings is 1. The Bertz CT molecular complexity index is 1260. The zero-order valence-electron chi connectivity index (χ0n) is 19.5. The number of hydrogen-bond acceptors (Lipinski definition) is 7. The van der Waals surface area contributed by atoms with E-state index < -0.39 is 11.2 Å². The quantitative estimate of drug-likeness (QED) is 0.502. The van der Waals surface area contributed by atoms with Gasteiger partial charge < -0.3 is 24.3 Å². The van der Waals surface area contributed by atoms with Gasteiger partial charge in [0.25, 0.3) is 5.56 Å². The largest absolute Gasteiger partial charge is 0.493 e. The number of hydrogen-bond donors (Lipinski definition) is 1. The van der Waals surface area contributed by atoms with E-state index in [-0.39, 0.29) is 12.5 Å². The summed E-state index contributed by atoms with van der Waals surface area (Å²) in [6, 6.07) is 8.96. The van der Waals surface area contributed by atoms with E-state index in [9.17, 15) is 14.4 Å². The fourth-order valence-corrected chi connectivity index (χ4v) is 4.21. The Morgan fingerprint density at radius 1 is 1.03 bits per heavy atom. The Morgan fingerprint density at radius 3 is 2.44 bits per heavy atom. The molecule has 0 atom stereocenters. The molecule has 1 aliphatic rings. The molecular weight excluding hydrogens is 438 g/mol. The average molecular weight is 468 g/mol. The highest BCUT2D eigenvalue weighted by atomic mass is 16.5. The predicted molar refractivity (Wildman–Crippen MR) is 129 cm³/mol. The summed E-state index contributed by atoms with van der Waals surface area (Å²) in [6.07, 6.45) is 3.29. The summed E-state index contributed by atoms with van der Waals surface area (Å²) in [4.78, 5) is 49.1. The van der Waals surface area contributed by atoms with E-state index in [1.807, 2.05) is 23.1 Å². The molecule has 0 radical (unpaired) electrons. The lowest BCUT2D eigenvalue weighted by Crippen LogP contribution is -2.49. The number of H-pyrrole nitrogens is 1. The molecule has 0 unspecified atom stereocenters. The minimum absolute atomic E-state index is 0.0947. The van der Waals surface area contributed by atoms with Crippen LogP contribution in [0.4, 0.5) is 5.82 Å². The summed E-state index contributed by atoms with van der Waals surface area (Å²) >= 11 is 0. The number of aromatic nitrogens is 3.